The molecule has 4 N–H and O–H groups in total. The predicted molar refractivity (Wildman–Crippen MR) is 60.7 cm³/mol. The monoisotopic (exact) mass is 244 g/mol. The molecule has 1 unspecified atom stereocenters. The van der Waals surface area contributed by atoms with E-state index in [2.05, 4.69) is 0 Å². The van der Waals surface area contributed by atoms with E-state index in [-0.39, 0.29) is 0 Å². The third kappa shape index (κ3) is 2.37. The van der Waals surface area contributed by atoms with Crippen LogP contribution in [0.5, 0.6) is 11.5 Å². The Balaban J connectivity index is 3.26. The highest BCUT2D eigenvalue weighted by molar-refractivity contribution is 6.31. The summed E-state index contributed by atoms with van der Waals surface area (Å²) in [6.07, 6.45) is 0. The highest BCUT2D eigenvalue weighted by Crippen LogP contribution is 2.35. The third-order valence-electron chi connectivity index (χ3n) is 2.14. The van der Waals surface area contributed by atoms with Crippen LogP contribution in [0.1, 0.15) is 11.6 Å². The van der Waals surface area contributed by atoms with Crippen LogP contribution in [0.3, 0.4) is 0 Å². The summed E-state index contributed by atoms with van der Waals surface area (Å²) in [4.78, 5) is 11.0. The van der Waals surface area contributed by atoms with Gasteiger partial charge in [-0.15, -0.1) is 0 Å². The summed E-state index contributed by atoms with van der Waals surface area (Å²) in [7, 11) is 2.97. The number of amides is 1. The molecule has 1 aromatic carbocycles. The minimum Gasteiger partial charge on any atom is -0.493 e. The lowest BCUT2D eigenvalue weighted by Crippen LogP contribution is -2.28. The van der Waals surface area contributed by atoms with Crippen LogP contribution in [0, 0.1) is 0 Å². The number of rotatable bonds is 4. The average Bonchev–Trinajstić information content (AvgIpc) is 2.27. The summed E-state index contributed by atoms with van der Waals surface area (Å²) >= 11 is 5.95. The van der Waals surface area contributed by atoms with Crippen molar-refractivity contribution in [1.29, 1.82) is 0 Å². The van der Waals surface area contributed by atoms with E-state index >= 15 is 0 Å². The van der Waals surface area contributed by atoms with E-state index in [1.807, 2.05) is 0 Å². The molecule has 0 aliphatic carbocycles. The van der Waals surface area contributed by atoms with E-state index in [4.69, 9.17) is 32.5 Å². The highest BCUT2D eigenvalue weighted by Gasteiger charge is 2.18. The molecule has 16 heavy (non-hydrogen) atoms. The van der Waals surface area contributed by atoms with Crippen LogP contribution in [0.2, 0.25) is 5.02 Å². The van der Waals surface area contributed by atoms with Gasteiger partial charge in [0.2, 0.25) is 5.91 Å². The van der Waals surface area contributed by atoms with E-state index in [9.17, 15) is 4.79 Å². The molecule has 0 aromatic heterocycles. The Labute approximate surface area is 98.3 Å². The second kappa shape index (κ2) is 5.05. The van der Waals surface area contributed by atoms with Crippen molar-refractivity contribution in [3.05, 3.63) is 22.7 Å². The molecular formula is C10H13ClN2O3. The van der Waals surface area contributed by atoms with Crippen LogP contribution >= 0.6 is 11.6 Å². The molecule has 0 saturated carbocycles. The zero-order valence-corrected chi connectivity index (χ0v) is 9.75. The van der Waals surface area contributed by atoms with Gasteiger partial charge in [0.05, 0.1) is 14.2 Å². The second-order valence-corrected chi connectivity index (χ2v) is 3.52. The number of carbonyl (C=O) groups excluding carboxylic acids is 1. The first-order chi connectivity index (χ1) is 7.51. The first-order valence-corrected chi connectivity index (χ1v) is 4.85. The van der Waals surface area contributed by atoms with Crippen molar-refractivity contribution in [3.63, 3.8) is 0 Å². The van der Waals surface area contributed by atoms with Crippen molar-refractivity contribution < 1.29 is 14.3 Å². The Bertz CT molecular complexity index is 409. The number of hydrogen-bond acceptors (Lipinski definition) is 4. The summed E-state index contributed by atoms with van der Waals surface area (Å²) in [6, 6.07) is 2.10. The van der Waals surface area contributed by atoms with Crippen LogP contribution in [0.4, 0.5) is 0 Å². The van der Waals surface area contributed by atoms with Gasteiger partial charge in [-0.2, -0.15) is 0 Å². The maximum atomic E-state index is 11.0. The van der Waals surface area contributed by atoms with Crippen LogP contribution in [0.15, 0.2) is 12.1 Å². The maximum absolute atomic E-state index is 11.0. The lowest BCUT2D eigenvalue weighted by Gasteiger charge is -2.14. The molecule has 0 aliphatic heterocycles. The number of ether oxygens (including phenoxy) is 2. The molecule has 88 valence electrons. The van der Waals surface area contributed by atoms with Gasteiger partial charge >= 0.3 is 0 Å². The fraction of sp³-hybridized carbons (Fsp3) is 0.300. The van der Waals surface area contributed by atoms with E-state index in [1.165, 1.54) is 26.4 Å². The average molecular weight is 245 g/mol. The Hall–Kier alpha value is -1.46. The van der Waals surface area contributed by atoms with Gasteiger partial charge in [-0.25, -0.2) is 0 Å². The van der Waals surface area contributed by atoms with Crippen molar-refractivity contribution in [2.75, 3.05) is 14.2 Å². The lowest BCUT2D eigenvalue weighted by atomic mass is 10.1. The minimum atomic E-state index is -0.965. The summed E-state index contributed by atoms with van der Waals surface area (Å²) in [5.74, 6) is 0.251. The largest absolute Gasteiger partial charge is 0.493 e. The Kier molecular flexibility index (Phi) is 3.98. The van der Waals surface area contributed by atoms with E-state index in [0.717, 1.165) is 0 Å². The van der Waals surface area contributed by atoms with Gasteiger partial charge in [-0.05, 0) is 6.07 Å². The smallest absolute Gasteiger partial charge is 0.238 e. The summed E-state index contributed by atoms with van der Waals surface area (Å²) in [6.45, 7) is 0. The van der Waals surface area contributed by atoms with Gasteiger partial charge < -0.3 is 20.9 Å². The number of hydrogen-bond donors (Lipinski definition) is 2. The fourth-order valence-corrected chi connectivity index (χ4v) is 1.53. The Morgan fingerprint density at radius 3 is 2.25 bits per heavy atom. The topological polar surface area (TPSA) is 87.6 Å². The normalized spacial score (nSPS) is 12.0. The summed E-state index contributed by atoms with van der Waals surface area (Å²) in [5.41, 5.74) is 11.1. The number of nitrogens with two attached hydrogens (primary N) is 2. The number of halogens is 1. The molecule has 0 aliphatic rings. The maximum Gasteiger partial charge on any atom is 0.238 e. The quantitative estimate of drug-likeness (QED) is 0.822. The van der Waals surface area contributed by atoms with Crippen LogP contribution in [-0.4, -0.2) is 20.1 Å². The molecule has 1 amide bonds. The first-order valence-electron chi connectivity index (χ1n) is 4.47. The number of primary amides is 1. The van der Waals surface area contributed by atoms with E-state index in [1.54, 1.807) is 0 Å². The molecule has 6 heteroatoms. The standard InChI is InChI=1S/C10H13ClN2O3/c1-15-7-3-5(9(12)10(13)14)6(11)4-8(7)16-2/h3-4,9H,12H2,1-2H3,(H2,13,14). The molecule has 0 radical (unpaired) electrons. The van der Waals surface area contributed by atoms with Crippen LogP contribution in [-0.2, 0) is 4.79 Å². The molecule has 1 aromatic rings. The molecule has 0 spiro atoms. The predicted octanol–water partition coefficient (Wildman–Crippen LogP) is 0.842. The second-order valence-electron chi connectivity index (χ2n) is 3.11. The number of benzene rings is 1. The molecule has 5 nitrogen and oxygen atoms in total. The molecule has 0 fully saturated rings. The summed E-state index contributed by atoms with van der Waals surface area (Å²) < 4.78 is 10.1. The lowest BCUT2D eigenvalue weighted by molar-refractivity contribution is -0.119. The van der Waals surface area contributed by atoms with Gasteiger partial charge in [-0.1, -0.05) is 11.6 Å². The van der Waals surface area contributed by atoms with Gasteiger partial charge in [-0.3, -0.25) is 4.79 Å². The highest BCUT2D eigenvalue weighted by atomic mass is 35.5. The number of methoxy groups -OCH3 is 2. The fourth-order valence-electron chi connectivity index (χ4n) is 1.26. The molecule has 0 heterocycles. The van der Waals surface area contributed by atoms with Crippen molar-refractivity contribution in [3.8, 4) is 11.5 Å². The molecule has 1 atom stereocenters. The number of carbonyl (C=O) groups is 1. The SMILES string of the molecule is COc1cc(Cl)c(C(N)C(N)=O)cc1OC. The van der Waals surface area contributed by atoms with Gasteiger partial charge in [0.25, 0.3) is 0 Å². The van der Waals surface area contributed by atoms with Crippen LogP contribution in [0.25, 0.3) is 0 Å². The molecule has 0 bridgehead atoms. The Morgan fingerprint density at radius 2 is 1.81 bits per heavy atom. The zero-order chi connectivity index (χ0) is 12.3. The first kappa shape index (κ1) is 12.6. The van der Waals surface area contributed by atoms with Gasteiger partial charge in [0.1, 0.15) is 6.04 Å². The van der Waals surface area contributed by atoms with Gasteiger partial charge in [0, 0.05) is 16.7 Å². The van der Waals surface area contributed by atoms with Crippen molar-refractivity contribution >= 4 is 17.5 Å². The third-order valence-corrected chi connectivity index (χ3v) is 2.47. The molecular weight excluding hydrogens is 232 g/mol. The van der Waals surface area contributed by atoms with E-state index in [0.29, 0.717) is 22.1 Å². The van der Waals surface area contributed by atoms with Crippen molar-refractivity contribution in [2.24, 2.45) is 11.5 Å². The van der Waals surface area contributed by atoms with Crippen molar-refractivity contribution in [2.45, 2.75) is 6.04 Å². The van der Waals surface area contributed by atoms with Crippen molar-refractivity contribution in [1.82, 2.24) is 0 Å². The zero-order valence-electron chi connectivity index (χ0n) is 8.99. The molecule has 1 rings (SSSR count). The van der Waals surface area contributed by atoms with Crippen LogP contribution < -0.4 is 20.9 Å². The molecule has 0 saturated heterocycles. The minimum absolute atomic E-state index is 0.309. The van der Waals surface area contributed by atoms with Gasteiger partial charge in [0.15, 0.2) is 11.5 Å². The Morgan fingerprint density at radius 1 is 1.31 bits per heavy atom. The summed E-state index contributed by atoms with van der Waals surface area (Å²) in [5, 5.41) is 0.309. The van der Waals surface area contributed by atoms with E-state index < -0.39 is 11.9 Å².